The Morgan fingerprint density at radius 2 is 1.76 bits per heavy atom. The van der Waals surface area contributed by atoms with Crippen molar-refractivity contribution in [2.24, 2.45) is 4.99 Å². The van der Waals surface area contributed by atoms with Gasteiger partial charge in [0.15, 0.2) is 0 Å². The Morgan fingerprint density at radius 3 is 2.20 bits per heavy atom. The van der Waals surface area contributed by atoms with Gasteiger partial charge in [0.2, 0.25) is 5.90 Å². The molecule has 0 atom stereocenters. The van der Waals surface area contributed by atoms with Gasteiger partial charge in [-0.1, -0.05) is 48.6 Å². The molecule has 0 unspecified atom stereocenters. The van der Waals surface area contributed by atoms with Gasteiger partial charge in [-0.15, -0.1) is 0 Å². The van der Waals surface area contributed by atoms with E-state index >= 15 is 0 Å². The van der Waals surface area contributed by atoms with Crippen LogP contribution >= 0.6 is 0 Å². The third-order valence-corrected chi connectivity index (χ3v) is 4.37. The third-order valence-electron chi connectivity index (χ3n) is 4.37. The summed E-state index contributed by atoms with van der Waals surface area (Å²) in [6.07, 6.45) is 0.544. The van der Waals surface area contributed by atoms with E-state index in [2.05, 4.69) is 11.6 Å². The summed E-state index contributed by atoms with van der Waals surface area (Å²) in [6.45, 7) is 8.26. The zero-order chi connectivity index (χ0) is 18.8. The molecule has 2 nitrogen and oxygen atoms in total. The van der Waals surface area contributed by atoms with E-state index in [0.29, 0.717) is 17.2 Å². The zero-order valence-electron chi connectivity index (χ0n) is 14.9. The van der Waals surface area contributed by atoms with E-state index < -0.39 is 11.6 Å². The van der Waals surface area contributed by atoms with Crippen molar-refractivity contribution in [1.29, 1.82) is 0 Å². The molecule has 0 saturated heterocycles. The van der Waals surface area contributed by atoms with E-state index in [9.17, 15) is 13.2 Å². The second-order valence-electron chi connectivity index (χ2n) is 6.62. The van der Waals surface area contributed by atoms with E-state index in [4.69, 9.17) is 4.74 Å². The molecule has 134 valence electrons. The highest BCUT2D eigenvalue weighted by Gasteiger charge is 2.48. The van der Waals surface area contributed by atoms with Gasteiger partial charge in [-0.05, 0) is 38.3 Å². The Balaban J connectivity index is 2.25. The molecule has 0 fully saturated rings. The first-order valence-electron chi connectivity index (χ1n) is 7.93. The highest BCUT2D eigenvalue weighted by molar-refractivity contribution is 6.00. The summed E-state index contributed by atoms with van der Waals surface area (Å²) in [5, 5.41) is 0. The number of allylic oxidation sites excluding steroid dienone is 2. The van der Waals surface area contributed by atoms with Crippen molar-refractivity contribution in [3.8, 4) is 0 Å². The van der Waals surface area contributed by atoms with Crippen molar-refractivity contribution in [1.82, 2.24) is 0 Å². The number of halogens is 3. The summed E-state index contributed by atoms with van der Waals surface area (Å²) in [7, 11) is 1.53. The van der Waals surface area contributed by atoms with Crippen LogP contribution in [0.15, 0.2) is 59.1 Å². The molecule has 1 aliphatic rings. The minimum atomic E-state index is -4.31. The molecular formula is C20H22F3NO. The standard InChI is InChI=1S/C20H22F3NO/c1-13-6-7-16(12-13)18(25-5)24-14(2)15-8-10-17(11-9-15)19(3,4)20(21,22)23/h7-12H,2,6H2,1,3-5H3. The number of benzene rings is 1. The molecule has 1 aliphatic carbocycles. The topological polar surface area (TPSA) is 21.6 Å². The Kier molecular flexibility index (Phi) is 5.26. The van der Waals surface area contributed by atoms with E-state index in [1.807, 2.05) is 19.1 Å². The van der Waals surface area contributed by atoms with Crippen LogP contribution in [-0.2, 0) is 10.2 Å². The normalized spacial score (nSPS) is 15.7. The van der Waals surface area contributed by atoms with Crippen LogP contribution in [0.1, 0.15) is 38.3 Å². The van der Waals surface area contributed by atoms with Gasteiger partial charge in [0.25, 0.3) is 0 Å². The monoisotopic (exact) mass is 349 g/mol. The van der Waals surface area contributed by atoms with Crippen LogP contribution < -0.4 is 0 Å². The number of hydrogen-bond donors (Lipinski definition) is 0. The summed E-state index contributed by atoms with van der Waals surface area (Å²) in [5.41, 5.74) is 1.47. The summed E-state index contributed by atoms with van der Waals surface area (Å²) in [6, 6.07) is 6.14. The maximum Gasteiger partial charge on any atom is 0.397 e. The maximum atomic E-state index is 13.1. The first-order valence-corrected chi connectivity index (χ1v) is 7.93. The number of methoxy groups -OCH3 is 1. The van der Waals surface area contributed by atoms with Gasteiger partial charge in [-0.3, -0.25) is 0 Å². The second kappa shape index (κ2) is 6.90. The predicted molar refractivity (Wildman–Crippen MR) is 95.5 cm³/mol. The molecule has 1 aromatic carbocycles. The van der Waals surface area contributed by atoms with Crippen LogP contribution in [0.3, 0.4) is 0 Å². The molecule has 1 aromatic rings. The van der Waals surface area contributed by atoms with Crippen LogP contribution in [0.2, 0.25) is 0 Å². The lowest BCUT2D eigenvalue weighted by Crippen LogP contribution is -2.36. The minimum absolute atomic E-state index is 0.199. The lowest BCUT2D eigenvalue weighted by atomic mass is 9.83. The lowest BCUT2D eigenvalue weighted by Gasteiger charge is -2.28. The number of ether oxygens (including phenoxy) is 1. The van der Waals surface area contributed by atoms with Gasteiger partial charge < -0.3 is 4.74 Å². The van der Waals surface area contributed by atoms with Crippen molar-refractivity contribution in [2.75, 3.05) is 7.11 Å². The van der Waals surface area contributed by atoms with Crippen LogP contribution in [0, 0.1) is 0 Å². The lowest BCUT2D eigenvalue weighted by molar-refractivity contribution is -0.180. The predicted octanol–water partition coefficient (Wildman–Crippen LogP) is 5.82. The van der Waals surface area contributed by atoms with E-state index in [-0.39, 0.29) is 5.56 Å². The zero-order valence-corrected chi connectivity index (χ0v) is 14.9. The van der Waals surface area contributed by atoms with Gasteiger partial charge in [-0.2, -0.15) is 13.2 Å². The van der Waals surface area contributed by atoms with Crippen LogP contribution in [0.25, 0.3) is 5.70 Å². The summed E-state index contributed by atoms with van der Waals surface area (Å²) in [5.74, 6) is 0.446. The maximum absolute atomic E-state index is 13.1. The van der Waals surface area contributed by atoms with Crippen molar-refractivity contribution >= 4 is 11.6 Å². The summed E-state index contributed by atoms with van der Waals surface area (Å²) >= 11 is 0. The Labute approximate surface area is 146 Å². The Bertz CT molecular complexity index is 750. The molecule has 0 N–H and O–H groups in total. The summed E-state index contributed by atoms with van der Waals surface area (Å²) in [4.78, 5) is 4.39. The highest BCUT2D eigenvalue weighted by Crippen LogP contribution is 2.40. The first-order chi connectivity index (χ1) is 11.6. The molecule has 2 rings (SSSR count). The number of alkyl halides is 3. The van der Waals surface area contributed by atoms with E-state index in [0.717, 1.165) is 12.0 Å². The van der Waals surface area contributed by atoms with Crippen molar-refractivity contribution in [3.63, 3.8) is 0 Å². The number of aliphatic imine (C=N–C) groups is 1. The van der Waals surface area contributed by atoms with Gasteiger partial charge in [-0.25, -0.2) is 4.99 Å². The molecular weight excluding hydrogens is 327 g/mol. The molecule has 0 amide bonds. The Hall–Kier alpha value is -2.30. The largest absolute Gasteiger partial charge is 0.481 e. The van der Waals surface area contributed by atoms with Crippen molar-refractivity contribution in [3.05, 3.63) is 65.3 Å². The summed E-state index contributed by atoms with van der Waals surface area (Å²) < 4.78 is 44.7. The van der Waals surface area contributed by atoms with Crippen LogP contribution in [0.5, 0.6) is 0 Å². The van der Waals surface area contributed by atoms with Crippen molar-refractivity contribution in [2.45, 2.75) is 38.8 Å². The Morgan fingerprint density at radius 1 is 1.16 bits per heavy atom. The van der Waals surface area contributed by atoms with Crippen LogP contribution in [0.4, 0.5) is 13.2 Å². The third kappa shape index (κ3) is 4.03. The number of nitrogens with zero attached hydrogens (tertiary/aromatic N) is 1. The van der Waals surface area contributed by atoms with Crippen LogP contribution in [-0.4, -0.2) is 19.2 Å². The molecule has 0 bridgehead atoms. The SMILES string of the molecule is C=C(N=C(OC)C1=CCC(C)=C1)c1ccc(C(C)(C)C(F)(F)F)cc1. The quantitative estimate of drug-likeness (QED) is 0.496. The fourth-order valence-corrected chi connectivity index (χ4v) is 2.46. The molecule has 5 heteroatoms. The fourth-order valence-electron chi connectivity index (χ4n) is 2.46. The second-order valence-corrected chi connectivity index (χ2v) is 6.62. The van der Waals surface area contributed by atoms with E-state index in [1.54, 1.807) is 12.1 Å². The molecule has 0 aliphatic heterocycles. The molecule has 25 heavy (non-hydrogen) atoms. The minimum Gasteiger partial charge on any atom is -0.481 e. The van der Waals surface area contributed by atoms with Gasteiger partial charge in [0.1, 0.15) is 0 Å². The number of rotatable bonds is 4. The van der Waals surface area contributed by atoms with Gasteiger partial charge in [0.05, 0.1) is 18.2 Å². The molecule has 0 heterocycles. The highest BCUT2D eigenvalue weighted by atomic mass is 19.4. The smallest absolute Gasteiger partial charge is 0.397 e. The first kappa shape index (κ1) is 19.0. The average molecular weight is 349 g/mol. The van der Waals surface area contributed by atoms with Gasteiger partial charge in [0, 0.05) is 5.57 Å². The molecule has 0 radical (unpaired) electrons. The van der Waals surface area contributed by atoms with E-state index in [1.165, 1.54) is 38.7 Å². The fraction of sp³-hybridized carbons (Fsp3) is 0.350. The number of hydrogen-bond acceptors (Lipinski definition) is 2. The van der Waals surface area contributed by atoms with Gasteiger partial charge >= 0.3 is 6.18 Å². The molecule has 0 saturated carbocycles. The molecule has 0 spiro atoms. The average Bonchev–Trinajstić information content (AvgIpc) is 2.97. The van der Waals surface area contributed by atoms with Crippen molar-refractivity contribution < 1.29 is 17.9 Å². The molecule has 0 aromatic heterocycles.